The smallest absolute Gasteiger partial charge is 0.250 e. The number of nitrogens with one attached hydrogen (secondary N) is 2. The number of nitrogens with zero attached hydrogens (tertiary/aromatic N) is 5. The van der Waals surface area contributed by atoms with Crippen molar-refractivity contribution in [3.63, 3.8) is 0 Å². The highest BCUT2D eigenvalue weighted by molar-refractivity contribution is 5.80. The zero-order chi connectivity index (χ0) is 19.1. The van der Waals surface area contributed by atoms with Gasteiger partial charge in [0.1, 0.15) is 5.82 Å². The molecule has 1 heterocycles. The first-order valence-electron chi connectivity index (χ1n) is 8.36. The molecule has 28 heavy (non-hydrogen) atoms. The third-order valence-electron chi connectivity index (χ3n) is 3.59. The van der Waals surface area contributed by atoms with E-state index < -0.39 is 0 Å². The lowest BCUT2D eigenvalue weighted by Gasteiger charge is -2.13. The fourth-order valence-corrected chi connectivity index (χ4v) is 2.21. The molecule has 3 rings (SSSR count). The van der Waals surface area contributed by atoms with E-state index in [0.717, 1.165) is 5.56 Å². The van der Waals surface area contributed by atoms with Crippen LogP contribution in [0.2, 0.25) is 0 Å². The third-order valence-corrected chi connectivity index (χ3v) is 3.59. The number of benzene rings is 2. The van der Waals surface area contributed by atoms with Crippen molar-refractivity contribution < 1.29 is 16.8 Å². The first kappa shape index (κ1) is 21.0. The Morgan fingerprint density at radius 1 is 0.964 bits per heavy atom. The summed E-state index contributed by atoms with van der Waals surface area (Å²) in [5.74, 6) is 0.806. The van der Waals surface area contributed by atoms with E-state index in [-0.39, 0.29) is 24.2 Å². The van der Waals surface area contributed by atoms with Gasteiger partial charge >= 0.3 is 0 Å². The molecule has 2 aromatic carbocycles. The van der Waals surface area contributed by atoms with Crippen LogP contribution < -0.4 is 28.0 Å². The summed E-state index contributed by atoms with van der Waals surface area (Å²) in [5, 5.41) is 7.19. The minimum atomic E-state index is -0.349. The number of hydrazone groups is 1. The summed E-state index contributed by atoms with van der Waals surface area (Å²) in [7, 11) is 3.67. The topological polar surface area (TPSA) is 78.3 Å². The van der Waals surface area contributed by atoms with E-state index in [1.165, 1.54) is 12.3 Å². The highest BCUT2D eigenvalue weighted by Crippen LogP contribution is 2.13. The maximum Gasteiger partial charge on any atom is 0.250 e. The first-order chi connectivity index (χ1) is 13.1. The second-order valence-electron chi connectivity index (χ2n) is 5.91. The van der Waals surface area contributed by atoms with Gasteiger partial charge in [0.15, 0.2) is 0 Å². The molecule has 0 fully saturated rings. The average molecular weight is 401 g/mol. The van der Waals surface area contributed by atoms with E-state index in [9.17, 15) is 4.39 Å². The molecule has 0 spiro atoms. The molecule has 0 aliphatic carbocycles. The molecule has 7 nitrogen and oxygen atoms in total. The van der Waals surface area contributed by atoms with Crippen molar-refractivity contribution in [1.29, 1.82) is 0 Å². The van der Waals surface area contributed by atoms with Crippen LogP contribution in [0.1, 0.15) is 11.1 Å². The zero-order valence-corrected chi connectivity index (χ0v) is 16.2. The fraction of sp³-hybridized carbons (Fsp3) is 0.158. The Labute approximate surface area is 169 Å². The lowest BCUT2D eigenvalue weighted by atomic mass is 10.2. The second kappa shape index (κ2) is 10.2. The summed E-state index contributed by atoms with van der Waals surface area (Å²) in [6.45, 7) is 0.579. The summed E-state index contributed by atoms with van der Waals surface area (Å²) in [6.07, 6.45) is 1.38. The predicted octanol–water partition coefficient (Wildman–Crippen LogP) is 0.139. The number of anilines is 3. The van der Waals surface area contributed by atoms with Crippen LogP contribution in [0, 0.1) is 5.82 Å². The number of rotatable bonds is 7. The molecular formula is C19H20ClFN7-. The van der Waals surface area contributed by atoms with Gasteiger partial charge in [-0.1, -0.05) is 48.5 Å². The molecule has 0 saturated heterocycles. The van der Waals surface area contributed by atoms with Crippen LogP contribution in [0.4, 0.5) is 22.2 Å². The van der Waals surface area contributed by atoms with E-state index >= 15 is 0 Å². The molecule has 0 unspecified atom stereocenters. The summed E-state index contributed by atoms with van der Waals surface area (Å²) in [6, 6.07) is 16.3. The van der Waals surface area contributed by atoms with Gasteiger partial charge in [0, 0.05) is 26.2 Å². The highest BCUT2D eigenvalue weighted by Gasteiger charge is 2.08. The number of aromatic nitrogens is 3. The van der Waals surface area contributed by atoms with Crippen molar-refractivity contribution in [2.75, 3.05) is 29.7 Å². The Balaban J connectivity index is 0.00000280. The Bertz CT molecular complexity index is 919. The van der Waals surface area contributed by atoms with Crippen molar-refractivity contribution in [1.82, 2.24) is 15.0 Å². The van der Waals surface area contributed by atoms with Crippen LogP contribution in [-0.2, 0) is 6.54 Å². The minimum absolute atomic E-state index is 0. The Morgan fingerprint density at radius 3 is 2.36 bits per heavy atom. The summed E-state index contributed by atoms with van der Waals surface area (Å²) >= 11 is 0. The minimum Gasteiger partial charge on any atom is -1.00 e. The van der Waals surface area contributed by atoms with Crippen molar-refractivity contribution in [2.45, 2.75) is 6.54 Å². The van der Waals surface area contributed by atoms with Gasteiger partial charge in [-0.25, -0.2) is 9.82 Å². The number of hydrogen-bond acceptors (Lipinski definition) is 7. The van der Waals surface area contributed by atoms with E-state index in [1.807, 2.05) is 44.4 Å². The molecule has 0 aliphatic heterocycles. The molecule has 0 bridgehead atoms. The van der Waals surface area contributed by atoms with Gasteiger partial charge in [0.25, 0.3) is 0 Å². The molecule has 0 amide bonds. The van der Waals surface area contributed by atoms with E-state index in [1.54, 1.807) is 23.1 Å². The van der Waals surface area contributed by atoms with Crippen LogP contribution in [0.5, 0.6) is 0 Å². The normalized spacial score (nSPS) is 10.4. The molecule has 146 valence electrons. The molecule has 1 aromatic heterocycles. The average Bonchev–Trinajstić information content (AvgIpc) is 2.68. The van der Waals surface area contributed by atoms with Crippen molar-refractivity contribution in [2.24, 2.45) is 5.10 Å². The second-order valence-corrected chi connectivity index (χ2v) is 5.91. The molecule has 0 atom stereocenters. The Morgan fingerprint density at radius 2 is 1.64 bits per heavy atom. The van der Waals surface area contributed by atoms with Crippen LogP contribution in [0.15, 0.2) is 59.7 Å². The lowest BCUT2D eigenvalue weighted by Crippen LogP contribution is -3.00. The lowest BCUT2D eigenvalue weighted by molar-refractivity contribution is -0.00000638. The monoisotopic (exact) mass is 400 g/mol. The van der Waals surface area contributed by atoms with Crippen molar-refractivity contribution >= 4 is 24.1 Å². The molecular weight excluding hydrogens is 381 g/mol. The number of halogens is 2. The van der Waals surface area contributed by atoms with Gasteiger partial charge in [0.05, 0.1) is 6.21 Å². The summed E-state index contributed by atoms with van der Waals surface area (Å²) in [5.41, 5.74) is 4.21. The van der Waals surface area contributed by atoms with Gasteiger partial charge in [-0.3, -0.25) is 0 Å². The SMILES string of the molecule is CN(C)c1nc(NCc2ccccc2)nc(NN=Cc2ccccc2F)n1.[Cl-]. The molecule has 2 N–H and O–H groups in total. The maximum absolute atomic E-state index is 13.6. The van der Waals surface area contributed by atoms with Crippen molar-refractivity contribution in [3.8, 4) is 0 Å². The molecule has 0 saturated carbocycles. The van der Waals surface area contributed by atoms with E-state index in [4.69, 9.17) is 0 Å². The first-order valence-corrected chi connectivity index (χ1v) is 8.36. The largest absolute Gasteiger partial charge is 1.00 e. The van der Waals surface area contributed by atoms with E-state index in [0.29, 0.717) is 24.0 Å². The van der Waals surface area contributed by atoms with Gasteiger partial charge in [-0.05, 0) is 11.6 Å². The maximum atomic E-state index is 13.6. The van der Waals surface area contributed by atoms with Crippen LogP contribution in [-0.4, -0.2) is 35.3 Å². The highest BCUT2D eigenvalue weighted by atomic mass is 35.5. The molecule has 3 aromatic rings. The van der Waals surface area contributed by atoms with Crippen molar-refractivity contribution in [3.05, 3.63) is 71.5 Å². The fourth-order valence-electron chi connectivity index (χ4n) is 2.21. The summed E-state index contributed by atoms with van der Waals surface area (Å²) in [4.78, 5) is 14.7. The van der Waals surface area contributed by atoms with Crippen LogP contribution in [0.25, 0.3) is 0 Å². The number of hydrogen-bond donors (Lipinski definition) is 2. The third kappa shape index (κ3) is 5.88. The predicted molar refractivity (Wildman–Crippen MR) is 106 cm³/mol. The molecule has 0 radical (unpaired) electrons. The van der Waals surface area contributed by atoms with Gasteiger partial charge in [0.2, 0.25) is 17.8 Å². The van der Waals surface area contributed by atoms with Gasteiger partial charge in [-0.2, -0.15) is 20.1 Å². The Hall–Kier alpha value is -3.26. The summed E-state index contributed by atoms with van der Waals surface area (Å²) < 4.78 is 13.6. The van der Waals surface area contributed by atoms with Gasteiger partial charge in [-0.15, -0.1) is 0 Å². The van der Waals surface area contributed by atoms with Crippen LogP contribution in [0.3, 0.4) is 0 Å². The van der Waals surface area contributed by atoms with E-state index in [2.05, 4.69) is 30.8 Å². The zero-order valence-electron chi connectivity index (χ0n) is 15.5. The standard InChI is InChI=1S/C19H20FN7.ClH/c1-27(2)19-24-17(21-12-14-8-4-3-5-9-14)23-18(25-19)26-22-13-15-10-6-7-11-16(15)20;/h3-11,13H,12H2,1-2H3,(H2,21,23,24,25,26);1H/p-1. The molecule has 9 heteroatoms. The quantitative estimate of drug-likeness (QED) is 0.434. The Kier molecular flexibility index (Phi) is 7.65. The van der Waals surface area contributed by atoms with Gasteiger partial charge < -0.3 is 22.6 Å². The van der Waals surface area contributed by atoms with Crippen LogP contribution >= 0.6 is 0 Å². The molecule has 0 aliphatic rings.